The van der Waals surface area contributed by atoms with E-state index in [2.05, 4.69) is 5.32 Å². The molecular formula is C31H35Cl2N3O4S. The standard InChI is InChI=1S/C31H35Cl2N3O4S/c1-2-26(31(38)34-23-11-4-3-5-12-23)35(20-21-16-17-24(32)25(33)19-21)29(37)15-8-18-36-27-13-6-9-22-10-7-14-28(30(22)27)41(36,39)40/h6-7,9-10,13-14,16-17,19,23,26H,2-5,8,11-12,15,18,20H2,1H3,(H,34,38)/t26-/m1/s1. The second-order valence-electron chi connectivity index (χ2n) is 10.8. The van der Waals surface area contributed by atoms with Gasteiger partial charge in [-0.25, -0.2) is 8.42 Å². The molecule has 1 aliphatic carbocycles. The zero-order valence-electron chi connectivity index (χ0n) is 23.1. The van der Waals surface area contributed by atoms with E-state index in [1.807, 2.05) is 25.1 Å². The molecule has 5 rings (SSSR count). The van der Waals surface area contributed by atoms with Crippen molar-refractivity contribution >= 4 is 61.5 Å². The van der Waals surface area contributed by atoms with Gasteiger partial charge in [-0.15, -0.1) is 0 Å². The maximum Gasteiger partial charge on any atom is 0.265 e. The largest absolute Gasteiger partial charge is 0.352 e. The normalized spacial score (nSPS) is 17.0. The van der Waals surface area contributed by atoms with Gasteiger partial charge in [0, 0.05) is 30.9 Å². The summed E-state index contributed by atoms with van der Waals surface area (Å²) in [5.41, 5.74) is 1.40. The first kappa shape index (κ1) is 29.7. The Morgan fingerprint density at radius 3 is 2.46 bits per heavy atom. The van der Waals surface area contributed by atoms with Gasteiger partial charge in [0.1, 0.15) is 6.04 Å². The molecule has 41 heavy (non-hydrogen) atoms. The average Bonchev–Trinajstić information content (AvgIpc) is 3.18. The van der Waals surface area contributed by atoms with Gasteiger partial charge in [-0.3, -0.25) is 13.9 Å². The van der Waals surface area contributed by atoms with Crippen molar-refractivity contribution < 1.29 is 18.0 Å². The maximum atomic E-state index is 13.8. The molecule has 1 N–H and O–H groups in total. The van der Waals surface area contributed by atoms with E-state index in [0.29, 0.717) is 38.9 Å². The Labute approximate surface area is 251 Å². The van der Waals surface area contributed by atoms with Gasteiger partial charge in [0.15, 0.2) is 0 Å². The first-order chi connectivity index (χ1) is 19.7. The van der Waals surface area contributed by atoms with E-state index in [0.717, 1.165) is 36.6 Å². The van der Waals surface area contributed by atoms with Crippen molar-refractivity contribution in [2.24, 2.45) is 0 Å². The van der Waals surface area contributed by atoms with Crippen molar-refractivity contribution in [1.82, 2.24) is 10.2 Å². The van der Waals surface area contributed by atoms with Crippen molar-refractivity contribution in [1.29, 1.82) is 0 Å². The van der Waals surface area contributed by atoms with Gasteiger partial charge in [-0.1, -0.05) is 79.7 Å². The molecule has 3 aromatic carbocycles. The summed E-state index contributed by atoms with van der Waals surface area (Å²) in [6.45, 7) is 2.25. The van der Waals surface area contributed by atoms with Crippen LogP contribution >= 0.6 is 23.2 Å². The molecule has 0 bridgehead atoms. The second-order valence-corrected chi connectivity index (χ2v) is 13.5. The summed E-state index contributed by atoms with van der Waals surface area (Å²) in [6.07, 6.45) is 6.09. The molecule has 10 heteroatoms. The van der Waals surface area contributed by atoms with E-state index >= 15 is 0 Å². The molecule has 1 atom stereocenters. The van der Waals surface area contributed by atoms with Gasteiger partial charge in [0.05, 0.1) is 20.6 Å². The molecule has 1 saturated carbocycles. The van der Waals surface area contributed by atoms with Crippen molar-refractivity contribution in [2.75, 3.05) is 10.8 Å². The number of benzene rings is 3. The van der Waals surface area contributed by atoms with E-state index in [1.165, 1.54) is 10.7 Å². The first-order valence-corrected chi connectivity index (χ1v) is 16.5. The number of carbonyl (C=O) groups is 2. The number of hydrogen-bond donors (Lipinski definition) is 1. The average molecular weight is 617 g/mol. The molecule has 2 aliphatic rings. The van der Waals surface area contributed by atoms with E-state index in [1.54, 1.807) is 41.3 Å². The van der Waals surface area contributed by atoms with Crippen LogP contribution in [0.1, 0.15) is 63.9 Å². The third kappa shape index (κ3) is 6.20. The Morgan fingerprint density at radius 2 is 1.76 bits per heavy atom. The molecule has 0 spiro atoms. The van der Waals surface area contributed by atoms with Crippen LogP contribution < -0.4 is 9.62 Å². The number of nitrogens with one attached hydrogen (secondary N) is 1. The number of carbonyl (C=O) groups excluding carboxylic acids is 2. The van der Waals surface area contributed by atoms with Crippen LogP contribution in [-0.4, -0.2) is 43.8 Å². The molecule has 0 aromatic heterocycles. The fourth-order valence-electron chi connectivity index (χ4n) is 6.01. The lowest BCUT2D eigenvalue weighted by molar-refractivity contribution is -0.141. The predicted molar refractivity (Wildman–Crippen MR) is 164 cm³/mol. The lowest BCUT2D eigenvalue weighted by atomic mass is 9.95. The minimum Gasteiger partial charge on any atom is -0.352 e. The number of amides is 2. The smallest absolute Gasteiger partial charge is 0.265 e. The highest BCUT2D eigenvalue weighted by Gasteiger charge is 2.36. The van der Waals surface area contributed by atoms with E-state index in [9.17, 15) is 18.0 Å². The number of hydrogen-bond acceptors (Lipinski definition) is 4. The van der Waals surface area contributed by atoms with Crippen molar-refractivity contribution in [3.05, 3.63) is 70.2 Å². The molecule has 1 aliphatic heterocycles. The summed E-state index contributed by atoms with van der Waals surface area (Å²) in [5.74, 6) is -0.369. The second kappa shape index (κ2) is 12.6. The van der Waals surface area contributed by atoms with Crippen LogP contribution in [0.4, 0.5) is 5.69 Å². The van der Waals surface area contributed by atoms with Crippen LogP contribution in [0.3, 0.4) is 0 Å². The number of sulfonamides is 1. The Balaban J connectivity index is 1.33. The molecule has 0 radical (unpaired) electrons. The maximum absolute atomic E-state index is 13.8. The van der Waals surface area contributed by atoms with Crippen LogP contribution in [0.2, 0.25) is 10.0 Å². The molecule has 1 fully saturated rings. The topological polar surface area (TPSA) is 86.8 Å². The summed E-state index contributed by atoms with van der Waals surface area (Å²) >= 11 is 12.4. The third-order valence-electron chi connectivity index (χ3n) is 8.11. The van der Waals surface area contributed by atoms with E-state index in [-0.39, 0.29) is 37.4 Å². The Bertz CT molecular complexity index is 1550. The van der Waals surface area contributed by atoms with E-state index in [4.69, 9.17) is 23.2 Å². The molecule has 0 unspecified atom stereocenters. The monoisotopic (exact) mass is 615 g/mol. The Kier molecular flexibility index (Phi) is 9.12. The highest BCUT2D eigenvalue weighted by molar-refractivity contribution is 7.93. The van der Waals surface area contributed by atoms with Crippen LogP contribution in [0, 0.1) is 0 Å². The molecule has 7 nitrogen and oxygen atoms in total. The summed E-state index contributed by atoms with van der Waals surface area (Å²) in [6, 6.07) is 15.5. The molecule has 218 valence electrons. The molecular weight excluding hydrogens is 581 g/mol. The SMILES string of the molecule is CC[C@H](C(=O)NC1CCCCC1)N(Cc1ccc(Cl)c(Cl)c1)C(=O)CCCN1c2cccc3cccc(c23)S1(=O)=O. The van der Waals surface area contributed by atoms with Gasteiger partial charge in [-0.05, 0) is 60.9 Å². The number of anilines is 1. The quantitative estimate of drug-likeness (QED) is 0.275. The van der Waals surface area contributed by atoms with Gasteiger partial charge < -0.3 is 10.2 Å². The Hall–Kier alpha value is -2.81. The zero-order valence-corrected chi connectivity index (χ0v) is 25.4. The van der Waals surface area contributed by atoms with Gasteiger partial charge in [0.2, 0.25) is 11.8 Å². The summed E-state index contributed by atoms with van der Waals surface area (Å²) in [7, 11) is -3.71. The van der Waals surface area contributed by atoms with Crippen LogP contribution in [0.15, 0.2) is 59.5 Å². The Morgan fingerprint density at radius 1 is 1.02 bits per heavy atom. The van der Waals surface area contributed by atoms with Gasteiger partial charge >= 0.3 is 0 Å². The zero-order chi connectivity index (χ0) is 29.1. The number of nitrogens with zero attached hydrogens (tertiary/aromatic N) is 2. The predicted octanol–water partition coefficient (Wildman–Crippen LogP) is 6.69. The van der Waals surface area contributed by atoms with Gasteiger partial charge in [-0.2, -0.15) is 0 Å². The van der Waals surface area contributed by atoms with Gasteiger partial charge in [0.25, 0.3) is 10.0 Å². The van der Waals surface area contributed by atoms with Crippen LogP contribution in [-0.2, 0) is 26.2 Å². The fourth-order valence-corrected chi connectivity index (χ4v) is 8.08. The van der Waals surface area contributed by atoms with E-state index < -0.39 is 16.1 Å². The lowest BCUT2D eigenvalue weighted by Crippen LogP contribution is -2.51. The molecule has 0 saturated heterocycles. The summed E-state index contributed by atoms with van der Waals surface area (Å²) in [4.78, 5) is 29.1. The number of rotatable bonds is 10. The van der Waals surface area contributed by atoms with Crippen molar-refractivity contribution in [2.45, 2.75) is 81.8 Å². The highest BCUT2D eigenvalue weighted by Crippen LogP contribution is 2.42. The fraction of sp³-hybridized carbons (Fsp3) is 0.419. The third-order valence-corrected chi connectivity index (χ3v) is 10.7. The van der Waals surface area contributed by atoms with Crippen molar-refractivity contribution in [3.63, 3.8) is 0 Å². The molecule has 2 amide bonds. The minimum atomic E-state index is -3.71. The van der Waals surface area contributed by atoms with Crippen LogP contribution in [0.5, 0.6) is 0 Å². The van der Waals surface area contributed by atoms with Crippen molar-refractivity contribution in [3.8, 4) is 0 Å². The lowest BCUT2D eigenvalue weighted by Gasteiger charge is -2.33. The highest BCUT2D eigenvalue weighted by atomic mass is 35.5. The molecule has 1 heterocycles. The minimum absolute atomic E-state index is 0.0902. The summed E-state index contributed by atoms with van der Waals surface area (Å²) < 4.78 is 28.1. The first-order valence-electron chi connectivity index (χ1n) is 14.3. The summed E-state index contributed by atoms with van der Waals surface area (Å²) in [5, 5.41) is 5.55. The number of halogens is 2. The van der Waals surface area contributed by atoms with Crippen LogP contribution in [0.25, 0.3) is 10.8 Å². The molecule has 3 aromatic rings.